The summed E-state index contributed by atoms with van der Waals surface area (Å²) in [6, 6.07) is 6.53. The highest BCUT2D eigenvalue weighted by molar-refractivity contribution is 5.97. The summed E-state index contributed by atoms with van der Waals surface area (Å²) in [6.07, 6.45) is 19.6. The molecule has 13 nitrogen and oxygen atoms in total. The minimum atomic E-state index is -1.87. The van der Waals surface area contributed by atoms with Crippen LogP contribution in [0.15, 0.2) is 109 Å². The third-order valence-corrected chi connectivity index (χ3v) is 12.3. The normalized spacial score (nSPS) is 30.4. The Labute approximate surface area is 391 Å². The summed E-state index contributed by atoms with van der Waals surface area (Å²) in [4.78, 5) is 51.6. The van der Waals surface area contributed by atoms with Gasteiger partial charge >= 0.3 is 5.97 Å². The standard InChI is InChI=1S/C53H75NO12/c1-36-19-15-13-11-9-7-5-6-8-10-12-14-16-20-44(57)31-50-39(4)49(62)35-53(64,66-50)34-46(59)30-43(56)23-17-21-42(55)22-18-24-45(58)32-51(63)65-52(36)38(3)29-37(2)47(60)33-48(61)40-25-27-41(54)28-26-40/h5-16,19-20,25-28,36-39,43-44,46-47,49-50,52,56-57,59-60,62,64H,17-18,21-24,29-35,54H2,1-4H3. The molecule has 3 rings (SSSR count). The van der Waals surface area contributed by atoms with E-state index in [1.807, 2.05) is 81.5 Å². The van der Waals surface area contributed by atoms with Gasteiger partial charge in [0.2, 0.25) is 0 Å². The number of nitrogens with two attached hydrogens (primary N) is 1. The zero-order valence-corrected chi connectivity index (χ0v) is 39.1. The third-order valence-electron chi connectivity index (χ3n) is 12.3. The second kappa shape index (κ2) is 29.2. The van der Waals surface area contributed by atoms with Crippen molar-refractivity contribution >= 4 is 29.0 Å². The van der Waals surface area contributed by atoms with Crippen molar-refractivity contribution in [2.24, 2.45) is 23.7 Å². The van der Waals surface area contributed by atoms with Crippen LogP contribution in [0.5, 0.6) is 0 Å². The summed E-state index contributed by atoms with van der Waals surface area (Å²) in [5.41, 5.74) is 6.74. The number of fused-ring (bicyclic) bond motifs is 2. The smallest absolute Gasteiger partial charge is 0.313 e. The van der Waals surface area contributed by atoms with Gasteiger partial charge in [0.15, 0.2) is 11.6 Å². The van der Waals surface area contributed by atoms with Crippen molar-refractivity contribution < 1.29 is 59.3 Å². The largest absolute Gasteiger partial charge is 0.461 e. The Morgan fingerprint density at radius 3 is 1.94 bits per heavy atom. The molecule has 1 fully saturated rings. The Bertz CT molecular complexity index is 1880. The molecule has 66 heavy (non-hydrogen) atoms. The van der Waals surface area contributed by atoms with E-state index in [-0.39, 0.29) is 105 Å². The summed E-state index contributed by atoms with van der Waals surface area (Å²) in [6.45, 7) is 7.43. The molecule has 0 aromatic heterocycles. The molecule has 2 bridgehead atoms. The van der Waals surface area contributed by atoms with Gasteiger partial charge in [-0.05, 0) is 68.2 Å². The number of aliphatic hydroxyl groups excluding tert-OH is 5. The number of esters is 1. The quantitative estimate of drug-likeness (QED) is 0.0638. The molecular formula is C53H75NO12. The number of ether oxygens (including phenoxy) is 2. The Morgan fingerprint density at radius 1 is 0.758 bits per heavy atom. The van der Waals surface area contributed by atoms with E-state index >= 15 is 0 Å². The second-order valence-electron chi connectivity index (χ2n) is 18.3. The number of cyclic esters (lactones) is 1. The van der Waals surface area contributed by atoms with Crippen LogP contribution < -0.4 is 5.73 Å². The number of anilines is 1. The first-order valence-corrected chi connectivity index (χ1v) is 23.5. The van der Waals surface area contributed by atoms with Crippen molar-refractivity contribution in [2.45, 2.75) is 160 Å². The molecule has 12 atom stereocenters. The lowest BCUT2D eigenvalue weighted by atomic mass is 9.83. The molecule has 2 aliphatic heterocycles. The van der Waals surface area contributed by atoms with Gasteiger partial charge in [0.1, 0.15) is 24.1 Å². The van der Waals surface area contributed by atoms with Gasteiger partial charge in [-0.3, -0.25) is 19.2 Å². The van der Waals surface area contributed by atoms with E-state index < -0.39 is 60.9 Å². The fourth-order valence-corrected chi connectivity index (χ4v) is 8.36. The van der Waals surface area contributed by atoms with Crippen molar-refractivity contribution in [3.8, 4) is 0 Å². The van der Waals surface area contributed by atoms with Crippen LogP contribution in [0.25, 0.3) is 0 Å². The number of carbonyl (C=O) groups excluding carboxylic acids is 4. The van der Waals surface area contributed by atoms with E-state index in [0.717, 1.165) is 0 Å². The van der Waals surface area contributed by atoms with Gasteiger partial charge < -0.3 is 45.8 Å². The van der Waals surface area contributed by atoms with Crippen LogP contribution in [0, 0.1) is 23.7 Å². The number of Topliss-reactive ketones (excluding diaryl/α,β-unsaturated/α-hetero) is 3. The molecular weight excluding hydrogens is 843 g/mol. The highest BCUT2D eigenvalue weighted by Crippen LogP contribution is 2.37. The molecule has 2 aliphatic rings. The fourth-order valence-electron chi connectivity index (χ4n) is 8.36. The molecule has 8 N–H and O–H groups in total. The number of nitrogen functional groups attached to an aromatic ring is 1. The predicted molar refractivity (Wildman–Crippen MR) is 256 cm³/mol. The maximum atomic E-state index is 13.2. The lowest BCUT2D eigenvalue weighted by molar-refractivity contribution is -0.300. The van der Waals surface area contributed by atoms with Crippen LogP contribution in [0.2, 0.25) is 0 Å². The van der Waals surface area contributed by atoms with Gasteiger partial charge in [0, 0.05) is 68.0 Å². The highest BCUT2D eigenvalue weighted by atomic mass is 16.6. The lowest BCUT2D eigenvalue weighted by Crippen LogP contribution is -2.53. The molecule has 13 heteroatoms. The van der Waals surface area contributed by atoms with Crippen molar-refractivity contribution in [3.05, 3.63) is 115 Å². The van der Waals surface area contributed by atoms with E-state index in [4.69, 9.17) is 15.2 Å². The molecule has 12 unspecified atom stereocenters. The molecule has 2 heterocycles. The van der Waals surface area contributed by atoms with Gasteiger partial charge in [-0.2, -0.15) is 0 Å². The Balaban J connectivity index is 1.70. The first-order valence-electron chi connectivity index (χ1n) is 23.5. The first-order chi connectivity index (χ1) is 31.3. The predicted octanol–water partition coefficient (Wildman–Crippen LogP) is 6.92. The molecule has 364 valence electrons. The van der Waals surface area contributed by atoms with Gasteiger partial charge in [-0.15, -0.1) is 0 Å². The number of hydrogen-bond donors (Lipinski definition) is 7. The van der Waals surface area contributed by atoms with E-state index in [0.29, 0.717) is 24.1 Å². The minimum Gasteiger partial charge on any atom is -0.461 e. The number of carbonyl (C=O) groups is 4. The van der Waals surface area contributed by atoms with E-state index in [2.05, 4.69) is 0 Å². The second-order valence-corrected chi connectivity index (χ2v) is 18.3. The van der Waals surface area contributed by atoms with Crippen LogP contribution in [0.1, 0.15) is 122 Å². The van der Waals surface area contributed by atoms with E-state index in [1.165, 1.54) is 0 Å². The number of allylic oxidation sites excluding steroid dienone is 12. The summed E-state index contributed by atoms with van der Waals surface area (Å²) < 4.78 is 11.9. The Hall–Kier alpha value is -4.60. The fraction of sp³-hybridized carbons (Fsp3) is 0.547. The molecule has 1 aromatic rings. The monoisotopic (exact) mass is 918 g/mol. The molecule has 1 saturated heterocycles. The van der Waals surface area contributed by atoms with Crippen molar-refractivity contribution in [1.29, 1.82) is 0 Å². The number of ketones is 3. The Morgan fingerprint density at radius 2 is 1.32 bits per heavy atom. The van der Waals surface area contributed by atoms with Gasteiger partial charge in [-0.25, -0.2) is 0 Å². The molecule has 0 aliphatic carbocycles. The van der Waals surface area contributed by atoms with Gasteiger partial charge in [0.05, 0.1) is 36.6 Å². The SMILES string of the molecule is CC1C=CC=CC=CC=CC=CC=CC=CC(O)CC2OC(O)(CC(O)CC(O)CCCC(=O)CCCC(=O)CC(=O)OC1C(C)CC(C)C(O)CC(=O)c1ccc(N)cc1)CC(O)C2C. The maximum absolute atomic E-state index is 13.2. The summed E-state index contributed by atoms with van der Waals surface area (Å²) in [5.74, 6) is -4.48. The molecule has 0 spiro atoms. The van der Waals surface area contributed by atoms with Crippen molar-refractivity contribution in [1.82, 2.24) is 0 Å². The third kappa shape index (κ3) is 21.4. The average Bonchev–Trinajstić information content (AvgIpc) is 3.24. The van der Waals surface area contributed by atoms with Crippen LogP contribution in [-0.4, -0.2) is 102 Å². The number of hydrogen-bond acceptors (Lipinski definition) is 13. The molecule has 0 amide bonds. The molecule has 0 radical (unpaired) electrons. The van der Waals surface area contributed by atoms with Crippen molar-refractivity contribution in [2.75, 3.05) is 5.73 Å². The summed E-state index contributed by atoms with van der Waals surface area (Å²) >= 11 is 0. The average molecular weight is 918 g/mol. The first kappa shape index (κ1) is 55.7. The van der Waals surface area contributed by atoms with Crippen LogP contribution >= 0.6 is 0 Å². The zero-order chi connectivity index (χ0) is 48.6. The van der Waals surface area contributed by atoms with E-state index in [9.17, 15) is 49.8 Å². The summed E-state index contributed by atoms with van der Waals surface area (Å²) in [5, 5.41) is 65.0. The number of benzene rings is 1. The minimum absolute atomic E-state index is 0.00636. The number of aliphatic hydroxyl groups is 6. The molecule has 1 aromatic carbocycles. The highest BCUT2D eigenvalue weighted by Gasteiger charge is 2.45. The van der Waals surface area contributed by atoms with Crippen LogP contribution in [0.3, 0.4) is 0 Å². The van der Waals surface area contributed by atoms with E-state index in [1.54, 1.807) is 55.5 Å². The molecule has 0 saturated carbocycles. The lowest BCUT2D eigenvalue weighted by Gasteiger charge is -2.44. The van der Waals surface area contributed by atoms with Crippen LogP contribution in [0.4, 0.5) is 5.69 Å². The van der Waals surface area contributed by atoms with Crippen LogP contribution in [-0.2, 0) is 23.9 Å². The summed E-state index contributed by atoms with van der Waals surface area (Å²) in [7, 11) is 0. The van der Waals surface area contributed by atoms with Gasteiger partial charge in [-0.1, -0.05) is 113 Å². The topological polar surface area (TPSA) is 234 Å². The zero-order valence-electron chi connectivity index (χ0n) is 39.1. The Kier molecular flexibility index (Phi) is 24.7. The van der Waals surface area contributed by atoms with Gasteiger partial charge in [0.25, 0.3) is 0 Å². The number of rotatable bonds is 7. The van der Waals surface area contributed by atoms with Crippen molar-refractivity contribution in [3.63, 3.8) is 0 Å². The maximum Gasteiger partial charge on any atom is 0.313 e.